The number of aryl methyl sites for hydroxylation is 2. The zero-order valence-electron chi connectivity index (χ0n) is 15.7. The third kappa shape index (κ3) is 6.84. The number of hydrogen-bond donors (Lipinski definition) is 2. The van der Waals surface area contributed by atoms with Gasteiger partial charge in [-0.05, 0) is 38.3 Å². The largest absolute Gasteiger partial charge is 0.486 e. The average Bonchev–Trinajstić information content (AvgIpc) is 3.09. The third-order valence-electron chi connectivity index (χ3n) is 4.06. The van der Waals surface area contributed by atoms with Gasteiger partial charge in [0.25, 0.3) is 0 Å². The third-order valence-corrected chi connectivity index (χ3v) is 5.09. The molecule has 2 N–H and O–H groups in total. The molecule has 0 spiro atoms. The van der Waals surface area contributed by atoms with E-state index in [1.54, 1.807) is 18.4 Å². The molecule has 0 saturated heterocycles. The van der Waals surface area contributed by atoms with E-state index in [4.69, 9.17) is 9.47 Å². The maximum absolute atomic E-state index is 5.94. The van der Waals surface area contributed by atoms with Crippen LogP contribution in [0.4, 0.5) is 0 Å². The Morgan fingerprint density at radius 1 is 1.26 bits per heavy atom. The number of hydrogen-bond acceptors (Lipinski definition) is 5. The van der Waals surface area contributed by atoms with E-state index in [9.17, 15) is 0 Å². The van der Waals surface area contributed by atoms with Crippen molar-refractivity contribution < 1.29 is 9.47 Å². The van der Waals surface area contributed by atoms with Crippen molar-refractivity contribution in [1.29, 1.82) is 0 Å². The van der Waals surface area contributed by atoms with Gasteiger partial charge in [-0.25, -0.2) is 4.98 Å². The molecular weight excluding hydrogens is 475 g/mol. The van der Waals surface area contributed by atoms with Gasteiger partial charge in [-0.2, -0.15) is 0 Å². The van der Waals surface area contributed by atoms with Gasteiger partial charge in [0.2, 0.25) is 0 Å². The highest BCUT2D eigenvalue weighted by Crippen LogP contribution is 2.30. The maximum Gasteiger partial charge on any atom is 0.191 e. The highest BCUT2D eigenvalue weighted by molar-refractivity contribution is 14.0. The van der Waals surface area contributed by atoms with Crippen molar-refractivity contribution in [3.05, 3.63) is 40.3 Å². The molecule has 8 heteroatoms. The fourth-order valence-corrected chi connectivity index (χ4v) is 3.54. The van der Waals surface area contributed by atoms with Gasteiger partial charge in [0, 0.05) is 24.7 Å². The minimum absolute atomic E-state index is 0. The molecule has 2 aromatic rings. The normalized spacial score (nSPS) is 15.8. The van der Waals surface area contributed by atoms with Gasteiger partial charge in [0.05, 0.1) is 11.6 Å². The quantitative estimate of drug-likeness (QED) is 0.263. The number of thiazole rings is 1. The van der Waals surface area contributed by atoms with Gasteiger partial charge in [0.15, 0.2) is 17.5 Å². The minimum atomic E-state index is -0.0309. The smallest absolute Gasteiger partial charge is 0.191 e. The molecule has 3 rings (SSSR count). The number of fused-ring (bicyclic) bond motifs is 1. The minimum Gasteiger partial charge on any atom is -0.486 e. The molecular formula is C19H27IN4O2S. The number of aromatic nitrogens is 1. The first-order chi connectivity index (χ1) is 12.7. The average molecular weight is 502 g/mol. The second kappa shape index (κ2) is 11.3. The molecule has 1 aromatic heterocycles. The summed E-state index contributed by atoms with van der Waals surface area (Å²) in [6, 6.07) is 7.75. The number of aliphatic imine (C=N–C) groups is 1. The van der Waals surface area contributed by atoms with Crippen LogP contribution in [0.15, 0.2) is 34.6 Å². The Hall–Kier alpha value is -1.55. The van der Waals surface area contributed by atoms with Crippen LogP contribution < -0.4 is 20.1 Å². The Morgan fingerprint density at radius 3 is 2.81 bits per heavy atom. The first-order valence-corrected chi connectivity index (χ1v) is 9.86. The summed E-state index contributed by atoms with van der Waals surface area (Å²) in [7, 11) is 1.78. The summed E-state index contributed by atoms with van der Waals surface area (Å²) in [6.07, 6.45) is 3.21. The summed E-state index contributed by atoms with van der Waals surface area (Å²) in [5.41, 5.74) is 1.12. The molecule has 1 aliphatic rings. The summed E-state index contributed by atoms with van der Waals surface area (Å²) < 4.78 is 11.7. The Bertz CT molecular complexity index is 738. The summed E-state index contributed by atoms with van der Waals surface area (Å²) >= 11 is 1.74. The molecule has 2 heterocycles. The van der Waals surface area contributed by atoms with Crippen molar-refractivity contribution in [2.24, 2.45) is 4.99 Å². The summed E-state index contributed by atoms with van der Waals surface area (Å²) in [4.78, 5) is 8.76. The van der Waals surface area contributed by atoms with Gasteiger partial charge < -0.3 is 20.1 Å². The SMILES string of the molecule is CN=C(NCCCCc1nc(C)cs1)NCC1COc2ccccc2O1.I. The fraction of sp³-hybridized carbons (Fsp3) is 0.474. The molecule has 1 atom stereocenters. The van der Waals surface area contributed by atoms with Crippen LogP contribution in [0.1, 0.15) is 23.5 Å². The Balaban J connectivity index is 0.00000261. The Morgan fingerprint density at radius 2 is 2.07 bits per heavy atom. The molecule has 0 bridgehead atoms. The molecule has 0 fully saturated rings. The van der Waals surface area contributed by atoms with Crippen molar-refractivity contribution in [3.63, 3.8) is 0 Å². The van der Waals surface area contributed by atoms with E-state index in [0.717, 1.165) is 49.0 Å². The van der Waals surface area contributed by atoms with Gasteiger partial charge >= 0.3 is 0 Å². The number of nitrogens with one attached hydrogen (secondary N) is 2. The number of unbranched alkanes of at least 4 members (excludes halogenated alkanes) is 1. The van der Waals surface area contributed by atoms with Crippen LogP contribution in [-0.2, 0) is 6.42 Å². The van der Waals surface area contributed by atoms with Gasteiger partial charge in [-0.1, -0.05) is 12.1 Å². The van der Waals surface area contributed by atoms with Crippen molar-refractivity contribution >= 4 is 41.3 Å². The van der Waals surface area contributed by atoms with Crippen LogP contribution in [0.3, 0.4) is 0 Å². The van der Waals surface area contributed by atoms with E-state index in [-0.39, 0.29) is 30.1 Å². The lowest BCUT2D eigenvalue weighted by Crippen LogP contribution is -2.45. The highest BCUT2D eigenvalue weighted by Gasteiger charge is 2.20. The number of ether oxygens (including phenoxy) is 2. The molecule has 6 nitrogen and oxygen atoms in total. The van der Waals surface area contributed by atoms with Crippen molar-refractivity contribution in [1.82, 2.24) is 15.6 Å². The summed E-state index contributed by atoms with van der Waals surface area (Å²) in [6.45, 7) is 4.10. The van der Waals surface area contributed by atoms with E-state index < -0.39 is 0 Å². The van der Waals surface area contributed by atoms with E-state index in [1.165, 1.54) is 5.01 Å². The van der Waals surface area contributed by atoms with Crippen molar-refractivity contribution in [2.45, 2.75) is 32.3 Å². The number of guanidine groups is 1. The second-order valence-electron chi connectivity index (χ2n) is 6.22. The van der Waals surface area contributed by atoms with E-state index in [1.807, 2.05) is 31.2 Å². The Labute approximate surface area is 181 Å². The first kappa shape index (κ1) is 21.7. The first-order valence-electron chi connectivity index (χ1n) is 8.98. The molecule has 0 saturated carbocycles. The van der Waals surface area contributed by atoms with Gasteiger partial charge in [-0.3, -0.25) is 4.99 Å². The molecule has 27 heavy (non-hydrogen) atoms. The van der Waals surface area contributed by atoms with Gasteiger partial charge in [-0.15, -0.1) is 35.3 Å². The van der Waals surface area contributed by atoms with Crippen LogP contribution in [-0.4, -0.2) is 43.8 Å². The van der Waals surface area contributed by atoms with E-state index >= 15 is 0 Å². The molecule has 1 aliphatic heterocycles. The Kier molecular flexibility index (Phi) is 9.12. The lowest BCUT2D eigenvalue weighted by molar-refractivity contribution is 0.0936. The zero-order valence-corrected chi connectivity index (χ0v) is 18.9. The van der Waals surface area contributed by atoms with Crippen molar-refractivity contribution in [3.8, 4) is 11.5 Å². The van der Waals surface area contributed by atoms with Gasteiger partial charge in [0.1, 0.15) is 12.7 Å². The van der Waals surface area contributed by atoms with Crippen LogP contribution in [0.25, 0.3) is 0 Å². The molecule has 1 unspecified atom stereocenters. The number of para-hydroxylation sites is 2. The predicted octanol–water partition coefficient (Wildman–Crippen LogP) is 3.40. The van der Waals surface area contributed by atoms with Crippen LogP contribution >= 0.6 is 35.3 Å². The summed E-state index contributed by atoms with van der Waals surface area (Å²) in [5, 5.41) is 9.98. The molecule has 0 radical (unpaired) electrons. The van der Waals surface area contributed by atoms with Crippen LogP contribution in [0.5, 0.6) is 11.5 Å². The maximum atomic E-state index is 5.94. The van der Waals surface area contributed by atoms with E-state index in [0.29, 0.717) is 13.2 Å². The monoisotopic (exact) mass is 502 g/mol. The number of nitrogens with zero attached hydrogens (tertiary/aromatic N) is 2. The lowest BCUT2D eigenvalue weighted by Gasteiger charge is -2.27. The zero-order chi connectivity index (χ0) is 18.2. The highest BCUT2D eigenvalue weighted by atomic mass is 127. The predicted molar refractivity (Wildman–Crippen MR) is 121 cm³/mol. The standard InChI is InChI=1S/C19H26N4O2S.HI/c1-14-13-26-18(23-14)9-5-6-10-21-19(20-2)22-11-15-12-24-16-7-3-4-8-17(16)25-15;/h3-4,7-8,13,15H,5-6,9-12H2,1-2H3,(H2,20,21,22);1H. The molecule has 148 valence electrons. The van der Waals surface area contributed by atoms with Crippen LogP contribution in [0, 0.1) is 6.92 Å². The molecule has 1 aromatic carbocycles. The second-order valence-corrected chi connectivity index (χ2v) is 7.16. The topological polar surface area (TPSA) is 67.8 Å². The lowest BCUT2D eigenvalue weighted by atomic mass is 10.2. The van der Waals surface area contributed by atoms with Crippen molar-refractivity contribution in [2.75, 3.05) is 26.7 Å². The fourth-order valence-electron chi connectivity index (χ4n) is 2.72. The molecule has 0 amide bonds. The van der Waals surface area contributed by atoms with Crippen LogP contribution in [0.2, 0.25) is 0 Å². The number of benzene rings is 1. The van der Waals surface area contributed by atoms with E-state index in [2.05, 4.69) is 26.0 Å². The summed E-state index contributed by atoms with van der Waals surface area (Å²) in [5.74, 6) is 2.39. The number of halogens is 1. The number of rotatable bonds is 7. The molecule has 0 aliphatic carbocycles.